The Labute approximate surface area is 107 Å². The van der Waals surface area contributed by atoms with Crippen LogP contribution in [-0.4, -0.2) is 15.5 Å². The topological polar surface area (TPSA) is 46.9 Å². The number of imidazole rings is 1. The first-order valence-electron chi connectivity index (χ1n) is 7.14. The molecule has 1 N–H and O–H groups in total. The zero-order valence-electron chi connectivity index (χ0n) is 10.6. The van der Waals surface area contributed by atoms with Gasteiger partial charge in [-0.2, -0.15) is 0 Å². The molecule has 0 aromatic carbocycles. The molecule has 0 saturated heterocycles. The van der Waals surface area contributed by atoms with E-state index in [4.69, 9.17) is 0 Å². The van der Waals surface area contributed by atoms with E-state index in [0.29, 0.717) is 5.41 Å². The maximum atomic E-state index is 12.2. The molecule has 4 rings (SSSR count). The number of anilines is 1. The molecule has 1 amide bonds. The highest BCUT2D eigenvalue weighted by Gasteiger charge is 2.60. The fraction of sp³-hybridized carbons (Fsp3) is 0.714. The Kier molecular flexibility index (Phi) is 2.11. The SMILES string of the molecule is O=C(Nc1cnc2n1CCCC2)[C@H]1CC12CCC2. The second-order valence-electron chi connectivity index (χ2n) is 6.13. The Morgan fingerprint density at radius 2 is 2.28 bits per heavy atom. The number of amides is 1. The molecule has 1 atom stereocenters. The summed E-state index contributed by atoms with van der Waals surface area (Å²) in [4.78, 5) is 16.6. The van der Waals surface area contributed by atoms with Gasteiger partial charge >= 0.3 is 0 Å². The van der Waals surface area contributed by atoms with Gasteiger partial charge in [0.05, 0.1) is 6.20 Å². The summed E-state index contributed by atoms with van der Waals surface area (Å²) in [6.07, 6.45) is 10.2. The van der Waals surface area contributed by atoms with Crippen molar-refractivity contribution in [3.63, 3.8) is 0 Å². The first-order valence-corrected chi connectivity index (χ1v) is 7.14. The van der Waals surface area contributed by atoms with Crippen molar-refractivity contribution in [2.24, 2.45) is 11.3 Å². The van der Waals surface area contributed by atoms with E-state index in [9.17, 15) is 4.79 Å². The van der Waals surface area contributed by atoms with Gasteiger partial charge in [0.2, 0.25) is 5.91 Å². The van der Waals surface area contributed by atoms with Crippen LogP contribution in [-0.2, 0) is 17.8 Å². The zero-order chi connectivity index (χ0) is 12.2. The predicted octanol–water partition coefficient (Wildman–Crippen LogP) is 2.35. The maximum absolute atomic E-state index is 12.2. The van der Waals surface area contributed by atoms with Gasteiger partial charge in [-0.25, -0.2) is 4.98 Å². The van der Waals surface area contributed by atoms with Crippen LogP contribution < -0.4 is 5.32 Å². The number of hydrogen-bond donors (Lipinski definition) is 1. The van der Waals surface area contributed by atoms with Crippen molar-refractivity contribution in [3.05, 3.63) is 12.0 Å². The summed E-state index contributed by atoms with van der Waals surface area (Å²) in [6.45, 7) is 1.00. The first kappa shape index (κ1) is 10.6. The van der Waals surface area contributed by atoms with Crippen LogP contribution in [0.4, 0.5) is 5.82 Å². The third-order valence-electron chi connectivity index (χ3n) is 5.08. The van der Waals surface area contributed by atoms with Crippen LogP contribution in [0.25, 0.3) is 0 Å². The molecule has 0 unspecified atom stereocenters. The molecule has 4 heteroatoms. The van der Waals surface area contributed by atoms with E-state index in [1.807, 2.05) is 6.20 Å². The number of nitrogens with zero attached hydrogens (tertiary/aromatic N) is 2. The maximum Gasteiger partial charge on any atom is 0.229 e. The molecule has 2 heterocycles. The van der Waals surface area contributed by atoms with Gasteiger partial charge in [-0.1, -0.05) is 6.42 Å². The molecule has 96 valence electrons. The third-order valence-corrected chi connectivity index (χ3v) is 5.08. The molecule has 0 radical (unpaired) electrons. The summed E-state index contributed by atoms with van der Waals surface area (Å²) < 4.78 is 2.18. The number of rotatable bonds is 2. The third kappa shape index (κ3) is 1.44. The first-order chi connectivity index (χ1) is 8.78. The highest BCUT2D eigenvalue weighted by atomic mass is 16.2. The molecule has 4 nitrogen and oxygen atoms in total. The lowest BCUT2D eigenvalue weighted by Crippen LogP contribution is -2.24. The summed E-state index contributed by atoms with van der Waals surface area (Å²) in [5.41, 5.74) is 0.412. The molecule has 1 aliphatic heterocycles. The van der Waals surface area contributed by atoms with Crippen molar-refractivity contribution in [1.29, 1.82) is 0 Å². The minimum atomic E-state index is 0.225. The summed E-state index contributed by atoms with van der Waals surface area (Å²) >= 11 is 0. The smallest absolute Gasteiger partial charge is 0.229 e. The van der Waals surface area contributed by atoms with Gasteiger partial charge < -0.3 is 9.88 Å². The van der Waals surface area contributed by atoms with Crippen LogP contribution in [0.3, 0.4) is 0 Å². The second-order valence-corrected chi connectivity index (χ2v) is 6.13. The van der Waals surface area contributed by atoms with Gasteiger partial charge in [0.25, 0.3) is 0 Å². The molecular formula is C14H19N3O. The zero-order valence-corrected chi connectivity index (χ0v) is 10.6. The molecule has 1 aromatic heterocycles. The van der Waals surface area contributed by atoms with E-state index < -0.39 is 0 Å². The van der Waals surface area contributed by atoms with Gasteiger partial charge in [0.1, 0.15) is 11.6 Å². The minimum Gasteiger partial charge on any atom is -0.315 e. The van der Waals surface area contributed by atoms with Crippen LogP contribution >= 0.6 is 0 Å². The molecule has 0 bridgehead atoms. The minimum absolute atomic E-state index is 0.225. The Bertz CT molecular complexity index is 501. The van der Waals surface area contributed by atoms with Gasteiger partial charge in [-0.05, 0) is 37.5 Å². The van der Waals surface area contributed by atoms with E-state index in [2.05, 4.69) is 14.9 Å². The number of hydrogen-bond acceptors (Lipinski definition) is 2. The Balaban J connectivity index is 1.48. The van der Waals surface area contributed by atoms with Gasteiger partial charge in [-0.3, -0.25) is 4.79 Å². The van der Waals surface area contributed by atoms with E-state index >= 15 is 0 Å². The van der Waals surface area contributed by atoms with Gasteiger partial charge in [-0.15, -0.1) is 0 Å². The normalized spacial score (nSPS) is 27.4. The summed E-state index contributed by atoms with van der Waals surface area (Å²) in [6, 6.07) is 0. The summed E-state index contributed by atoms with van der Waals surface area (Å²) in [5, 5.41) is 3.10. The summed E-state index contributed by atoms with van der Waals surface area (Å²) in [7, 11) is 0. The molecular weight excluding hydrogens is 226 g/mol. The summed E-state index contributed by atoms with van der Waals surface area (Å²) in [5.74, 6) is 2.55. The van der Waals surface area contributed by atoms with Crippen LogP contribution in [0.15, 0.2) is 6.20 Å². The lowest BCUT2D eigenvalue weighted by molar-refractivity contribution is -0.118. The lowest BCUT2D eigenvalue weighted by Gasteiger charge is -2.26. The highest BCUT2D eigenvalue weighted by molar-refractivity contribution is 5.94. The van der Waals surface area contributed by atoms with E-state index in [0.717, 1.165) is 31.0 Å². The largest absolute Gasteiger partial charge is 0.315 e. The monoisotopic (exact) mass is 245 g/mol. The molecule has 18 heavy (non-hydrogen) atoms. The number of aryl methyl sites for hydroxylation is 1. The fourth-order valence-electron chi connectivity index (χ4n) is 3.63. The molecule has 2 aliphatic carbocycles. The fourth-order valence-corrected chi connectivity index (χ4v) is 3.63. The van der Waals surface area contributed by atoms with Crippen molar-refractivity contribution in [3.8, 4) is 0 Å². The Morgan fingerprint density at radius 3 is 3.00 bits per heavy atom. The van der Waals surface area contributed by atoms with E-state index in [1.54, 1.807) is 0 Å². The van der Waals surface area contributed by atoms with Crippen molar-refractivity contribution >= 4 is 11.7 Å². The Morgan fingerprint density at radius 1 is 1.39 bits per heavy atom. The predicted molar refractivity (Wildman–Crippen MR) is 68.2 cm³/mol. The number of carbonyl (C=O) groups excluding carboxylic acids is 1. The van der Waals surface area contributed by atoms with Crippen LogP contribution in [0.2, 0.25) is 0 Å². The molecule has 2 fully saturated rings. The Hall–Kier alpha value is -1.32. The van der Waals surface area contributed by atoms with Crippen molar-refractivity contribution in [2.75, 3.05) is 5.32 Å². The lowest BCUT2D eigenvalue weighted by atomic mass is 9.80. The van der Waals surface area contributed by atoms with Crippen molar-refractivity contribution < 1.29 is 4.79 Å². The second kappa shape index (κ2) is 3.59. The number of nitrogens with one attached hydrogen (secondary N) is 1. The van der Waals surface area contributed by atoms with Gasteiger partial charge in [0.15, 0.2) is 0 Å². The number of fused-ring (bicyclic) bond motifs is 1. The average molecular weight is 245 g/mol. The van der Waals surface area contributed by atoms with Crippen molar-refractivity contribution in [1.82, 2.24) is 9.55 Å². The highest BCUT2D eigenvalue weighted by Crippen LogP contribution is 2.65. The van der Waals surface area contributed by atoms with Gasteiger partial charge in [0, 0.05) is 18.9 Å². The van der Waals surface area contributed by atoms with Crippen LogP contribution in [0.1, 0.15) is 44.3 Å². The number of aromatic nitrogens is 2. The molecule has 2 saturated carbocycles. The number of carbonyl (C=O) groups is 1. The van der Waals surface area contributed by atoms with E-state index in [1.165, 1.54) is 32.1 Å². The van der Waals surface area contributed by atoms with E-state index in [-0.39, 0.29) is 11.8 Å². The molecule has 3 aliphatic rings. The quantitative estimate of drug-likeness (QED) is 0.869. The van der Waals surface area contributed by atoms with Crippen LogP contribution in [0, 0.1) is 11.3 Å². The molecule has 1 spiro atoms. The van der Waals surface area contributed by atoms with Crippen LogP contribution in [0.5, 0.6) is 0 Å². The average Bonchev–Trinajstić information content (AvgIpc) is 3.01. The van der Waals surface area contributed by atoms with Crippen molar-refractivity contribution in [2.45, 2.75) is 51.5 Å². The molecule has 1 aromatic rings. The standard InChI is InChI=1S/C14H19N3O/c18-13(10-8-14(10)5-3-6-14)16-12-9-15-11-4-1-2-7-17(11)12/h9-10H,1-8H2,(H,16,18)/t10-/m1/s1.